The van der Waals surface area contributed by atoms with E-state index in [2.05, 4.69) is 9.72 Å². The number of aromatic nitrogens is 1. The van der Waals surface area contributed by atoms with Gasteiger partial charge in [0, 0.05) is 0 Å². The van der Waals surface area contributed by atoms with Crippen molar-refractivity contribution in [3.05, 3.63) is 27.4 Å². The smallest absolute Gasteiger partial charge is 0.388 e. The van der Waals surface area contributed by atoms with Gasteiger partial charge in [0.15, 0.2) is 0 Å². The lowest BCUT2D eigenvalue weighted by Gasteiger charge is -2.11. The molecule has 0 N–H and O–H groups in total. The predicted octanol–water partition coefficient (Wildman–Crippen LogP) is 3.21. The Morgan fingerprint density at radius 3 is 2.35 bits per heavy atom. The lowest BCUT2D eigenvalue weighted by molar-refractivity contribution is -0.386. The van der Waals surface area contributed by atoms with Gasteiger partial charge in [-0.1, -0.05) is 0 Å². The van der Waals surface area contributed by atoms with Crippen LogP contribution in [0.3, 0.4) is 0 Å². The molecule has 0 radical (unpaired) electrons. The molecule has 1 aromatic rings. The molecule has 0 aliphatic rings. The Hall–Kier alpha value is -2.04. The molecule has 110 valence electrons. The first-order valence-electron chi connectivity index (χ1n) is 4.46. The molecule has 1 rings (SSSR count). The van der Waals surface area contributed by atoms with Crippen molar-refractivity contribution in [3.63, 3.8) is 0 Å². The highest BCUT2D eigenvalue weighted by molar-refractivity contribution is 6.67. The van der Waals surface area contributed by atoms with Crippen LogP contribution in [0.25, 0.3) is 0 Å². The van der Waals surface area contributed by atoms with Crippen LogP contribution in [-0.4, -0.2) is 21.5 Å². The van der Waals surface area contributed by atoms with Crippen molar-refractivity contribution in [1.82, 2.24) is 4.98 Å². The second-order valence-corrected chi connectivity index (χ2v) is 3.46. The molecule has 0 aromatic carbocycles. The summed E-state index contributed by atoms with van der Waals surface area (Å²) < 4.78 is 64.5. The average molecular weight is 321 g/mol. The van der Waals surface area contributed by atoms with Gasteiger partial charge in [0.25, 0.3) is 17.4 Å². The third-order valence-electron chi connectivity index (χ3n) is 1.83. The number of alkyl halides is 5. The largest absolute Gasteiger partial charge is 0.574 e. The molecule has 0 fully saturated rings. The molecule has 0 bridgehead atoms. The van der Waals surface area contributed by atoms with E-state index in [0.29, 0.717) is 0 Å². The second-order valence-electron chi connectivity index (χ2n) is 3.12. The van der Waals surface area contributed by atoms with Gasteiger partial charge in [-0.05, 0) is 11.6 Å². The van der Waals surface area contributed by atoms with Crippen LogP contribution < -0.4 is 4.74 Å². The molecule has 0 atom stereocenters. The van der Waals surface area contributed by atoms with Crippen molar-refractivity contribution in [3.8, 4) is 5.88 Å². The van der Waals surface area contributed by atoms with Crippen LogP contribution in [-0.2, 0) is 0 Å². The Morgan fingerprint density at radius 1 is 1.45 bits per heavy atom. The van der Waals surface area contributed by atoms with Gasteiger partial charge in [0.1, 0.15) is 11.3 Å². The summed E-state index contributed by atoms with van der Waals surface area (Å²) in [5.74, 6) is -1.45. The zero-order valence-corrected chi connectivity index (χ0v) is 9.71. The SMILES string of the molecule is O=C(Cl)c1nc(OC(F)(F)F)cc([N+](=O)[O-])c1C(F)F. The van der Waals surface area contributed by atoms with Crippen LogP contribution in [0.4, 0.5) is 27.6 Å². The minimum atomic E-state index is -5.28. The summed E-state index contributed by atoms with van der Waals surface area (Å²) in [6.07, 6.45) is -8.82. The number of nitro groups is 1. The van der Waals surface area contributed by atoms with Crippen LogP contribution in [0, 0.1) is 10.1 Å². The topological polar surface area (TPSA) is 82.3 Å². The third-order valence-corrected chi connectivity index (χ3v) is 2.01. The monoisotopic (exact) mass is 320 g/mol. The summed E-state index contributed by atoms with van der Waals surface area (Å²) in [5, 5.41) is 8.89. The summed E-state index contributed by atoms with van der Waals surface area (Å²) in [6, 6.07) is 0.0261. The maximum absolute atomic E-state index is 12.7. The third kappa shape index (κ3) is 3.73. The Kier molecular flexibility index (Phi) is 4.43. The highest BCUT2D eigenvalue weighted by Crippen LogP contribution is 2.35. The molecule has 12 heteroatoms. The Labute approximate surface area is 111 Å². The van der Waals surface area contributed by atoms with Crippen molar-refractivity contribution in [2.45, 2.75) is 12.8 Å². The van der Waals surface area contributed by atoms with Gasteiger partial charge in [-0.25, -0.2) is 13.8 Å². The van der Waals surface area contributed by atoms with Crippen LogP contribution >= 0.6 is 11.6 Å². The van der Waals surface area contributed by atoms with E-state index in [4.69, 9.17) is 11.6 Å². The van der Waals surface area contributed by atoms with Gasteiger partial charge < -0.3 is 4.74 Å². The molecule has 1 heterocycles. The molecular weight excluding hydrogens is 319 g/mol. The average Bonchev–Trinajstić information content (AvgIpc) is 2.24. The van der Waals surface area contributed by atoms with Crippen molar-refractivity contribution < 1.29 is 36.4 Å². The van der Waals surface area contributed by atoms with Gasteiger partial charge >= 0.3 is 6.36 Å². The van der Waals surface area contributed by atoms with Crippen LogP contribution in [0.15, 0.2) is 6.07 Å². The van der Waals surface area contributed by atoms with Gasteiger partial charge in [-0.2, -0.15) is 0 Å². The molecule has 0 spiro atoms. The number of ether oxygens (including phenoxy) is 1. The highest BCUT2D eigenvalue weighted by Gasteiger charge is 2.36. The first-order valence-corrected chi connectivity index (χ1v) is 4.83. The molecule has 0 aliphatic heterocycles. The lowest BCUT2D eigenvalue weighted by atomic mass is 10.1. The Morgan fingerprint density at radius 2 is 2.00 bits per heavy atom. The fourth-order valence-corrected chi connectivity index (χ4v) is 1.35. The normalized spacial score (nSPS) is 11.6. The van der Waals surface area contributed by atoms with E-state index in [1.165, 1.54) is 0 Å². The van der Waals surface area contributed by atoms with Crippen molar-refractivity contribution in [2.75, 3.05) is 0 Å². The predicted molar refractivity (Wildman–Crippen MR) is 52.7 cm³/mol. The number of hydrogen-bond donors (Lipinski definition) is 0. The quantitative estimate of drug-likeness (QED) is 0.368. The maximum atomic E-state index is 12.7. The first kappa shape index (κ1) is 16.0. The molecule has 0 saturated heterocycles. The van der Waals surface area contributed by atoms with Gasteiger partial charge in [0.2, 0.25) is 5.88 Å². The number of pyridine rings is 1. The molecule has 6 nitrogen and oxygen atoms in total. The van der Waals surface area contributed by atoms with E-state index in [-0.39, 0.29) is 6.07 Å². The summed E-state index contributed by atoms with van der Waals surface area (Å²) >= 11 is 4.88. The number of rotatable bonds is 4. The van der Waals surface area contributed by atoms with E-state index in [1.807, 2.05) is 0 Å². The molecule has 0 saturated carbocycles. The van der Waals surface area contributed by atoms with Gasteiger partial charge in [-0.15, -0.1) is 13.2 Å². The summed E-state index contributed by atoms with van der Waals surface area (Å²) in [5.41, 5.74) is -4.32. The standard InChI is InChI=1S/C8H2ClF5N2O4/c9-6(17)5-4(7(10)11)2(16(18)19)1-3(15-5)20-8(12,13)14/h1,7H. The van der Waals surface area contributed by atoms with Crippen LogP contribution in [0.5, 0.6) is 5.88 Å². The number of halogens is 6. The zero-order valence-electron chi connectivity index (χ0n) is 8.95. The minimum Gasteiger partial charge on any atom is -0.388 e. The molecule has 1 aromatic heterocycles. The summed E-state index contributed by atoms with van der Waals surface area (Å²) in [6.45, 7) is 0. The maximum Gasteiger partial charge on any atom is 0.574 e. The van der Waals surface area contributed by atoms with Crippen LogP contribution in [0.2, 0.25) is 0 Å². The fourth-order valence-electron chi connectivity index (χ4n) is 1.21. The summed E-state index contributed by atoms with van der Waals surface area (Å²) in [7, 11) is 0. The van der Waals surface area contributed by atoms with Crippen LogP contribution in [0.1, 0.15) is 22.5 Å². The zero-order chi connectivity index (χ0) is 15.7. The van der Waals surface area contributed by atoms with E-state index in [9.17, 15) is 36.9 Å². The van der Waals surface area contributed by atoms with E-state index < -0.39 is 45.8 Å². The Bertz CT molecular complexity index is 527. The molecule has 20 heavy (non-hydrogen) atoms. The molecule has 0 aliphatic carbocycles. The van der Waals surface area contributed by atoms with E-state index >= 15 is 0 Å². The van der Waals surface area contributed by atoms with Crippen molar-refractivity contribution in [1.29, 1.82) is 0 Å². The molecular formula is C8H2ClF5N2O4. The van der Waals surface area contributed by atoms with Crippen molar-refractivity contribution in [2.24, 2.45) is 0 Å². The summed E-state index contributed by atoms with van der Waals surface area (Å²) in [4.78, 5) is 22.9. The number of carbonyl (C=O) groups excluding carboxylic acids is 1. The minimum absolute atomic E-state index is 0.0261. The van der Waals surface area contributed by atoms with E-state index in [0.717, 1.165) is 0 Å². The lowest BCUT2D eigenvalue weighted by Crippen LogP contribution is -2.19. The van der Waals surface area contributed by atoms with Gasteiger partial charge in [-0.3, -0.25) is 14.9 Å². The van der Waals surface area contributed by atoms with Crippen molar-refractivity contribution >= 4 is 22.5 Å². The first-order chi connectivity index (χ1) is 9.03. The Balaban J connectivity index is 3.55. The second kappa shape index (κ2) is 5.53. The molecule has 0 amide bonds. The van der Waals surface area contributed by atoms with E-state index in [1.54, 1.807) is 0 Å². The number of nitrogens with zero attached hydrogens (tertiary/aromatic N) is 2. The number of hydrogen-bond acceptors (Lipinski definition) is 5. The highest BCUT2D eigenvalue weighted by atomic mass is 35.5. The van der Waals surface area contributed by atoms with Gasteiger partial charge in [0.05, 0.1) is 11.0 Å². The number of carbonyl (C=O) groups is 1. The fraction of sp³-hybridized carbons (Fsp3) is 0.250. The molecule has 0 unspecified atom stereocenters.